The lowest BCUT2D eigenvalue weighted by atomic mass is 10.1. The first-order valence-corrected chi connectivity index (χ1v) is 13.4. The fourth-order valence-corrected chi connectivity index (χ4v) is 6.45. The highest BCUT2D eigenvalue weighted by Crippen LogP contribution is 2.35. The summed E-state index contributed by atoms with van der Waals surface area (Å²) in [5.74, 6) is 0.610. The fourth-order valence-electron chi connectivity index (χ4n) is 3.46. The second-order valence-electron chi connectivity index (χ2n) is 7.51. The quantitative estimate of drug-likeness (QED) is 0.187. The zero-order chi connectivity index (χ0) is 23.2. The number of carbonyl (C=O) groups is 2. The Labute approximate surface area is 225 Å². The minimum absolute atomic E-state index is 0.202. The highest BCUT2D eigenvalue weighted by molar-refractivity contribution is 14.1. The Balaban J connectivity index is 1.41. The molecule has 168 valence electrons. The zero-order valence-electron chi connectivity index (χ0n) is 17.7. The molecule has 1 fully saturated rings. The Morgan fingerprint density at radius 2 is 1.48 bits per heavy atom. The van der Waals surface area contributed by atoms with E-state index in [1.807, 2.05) is 60.7 Å². The van der Waals surface area contributed by atoms with Crippen molar-refractivity contribution in [1.82, 2.24) is 4.90 Å². The molecule has 0 saturated carbocycles. The lowest BCUT2D eigenvalue weighted by Gasteiger charge is -2.12. The number of hydrogen-bond acceptors (Lipinski definition) is 4. The summed E-state index contributed by atoms with van der Waals surface area (Å²) in [6, 6.07) is 24.1. The molecule has 1 saturated heterocycles. The van der Waals surface area contributed by atoms with Crippen LogP contribution in [0.15, 0.2) is 77.7 Å². The van der Waals surface area contributed by atoms with Gasteiger partial charge in [-0.05, 0) is 105 Å². The lowest BCUT2D eigenvalue weighted by molar-refractivity contribution is -0.122. The molecule has 0 N–H and O–H groups in total. The van der Waals surface area contributed by atoms with Crippen LogP contribution in [0, 0.1) is 7.14 Å². The van der Waals surface area contributed by atoms with Gasteiger partial charge in [-0.3, -0.25) is 14.5 Å². The smallest absolute Gasteiger partial charge is 0.293 e. The van der Waals surface area contributed by atoms with Gasteiger partial charge in [0.05, 0.1) is 12.0 Å². The number of benzene rings is 3. The van der Waals surface area contributed by atoms with Crippen molar-refractivity contribution in [3.63, 3.8) is 0 Å². The summed E-state index contributed by atoms with van der Waals surface area (Å²) in [6.45, 7) is 0.923. The molecule has 0 unspecified atom stereocenters. The van der Waals surface area contributed by atoms with E-state index in [0.717, 1.165) is 48.6 Å². The van der Waals surface area contributed by atoms with E-state index in [4.69, 9.17) is 4.74 Å². The van der Waals surface area contributed by atoms with E-state index in [9.17, 15) is 9.59 Å². The van der Waals surface area contributed by atoms with Crippen molar-refractivity contribution in [3.05, 3.63) is 102 Å². The van der Waals surface area contributed by atoms with Crippen LogP contribution in [0.2, 0.25) is 0 Å². The van der Waals surface area contributed by atoms with Gasteiger partial charge in [0.2, 0.25) is 0 Å². The van der Waals surface area contributed by atoms with E-state index < -0.39 is 0 Å². The number of hydrogen-bond donors (Lipinski definition) is 0. The first-order valence-electron chi connectivity index (χ1n) is 10.5. The number of carbonyl (C=O) groups excluding carboxylic acids is 2. The zero-order valence-corrected chi connectivity index (χ0v) is 22.8. The molecule has 33 heavy (non-hydrogen) atoms. The van der Waals surface area contributed by atoms with E-state index in [1.54, 1.807) is 6.08 Å². The second kappa shape index (κ2) is 11.5. The summed E-state index contributed by atoms with van der Waals surface area (Å²) in [7, 11) is 0. The molecule has 7 heteroatoms. The van der Waals surface area contributed by atoms with Crippen LogP contribution in [0.5, 0.6) is 5.75 Å². The fraction of sp³-hybridized carbons (Fsp3) is 0.154. The molecule has 4 nitrogen and oxygen atoms in total. The van der Waals surface area contributed by atoms with Gasteiger partial charge in [-0.15, -0.1) is 0 Å². The summed E-state index contributed by atoms with van der Waals surface area (Å²) in [4.78, 5) is 27.1. The first kappa shape index (κ1) is 24.3. The molecule has 0 spiro atoms. The molecule has 3 aromatic rings. The number of amides is 2. The van der Waals surface area contributed by atoms with Gasteiger partial charge in [0.15, 0.2) is 0 Å². The minimum Gasteiger partial charge on any atom is -0.487 e. The summed E-state index contributed by atoms with van der Waals surface area (Å²) in [5.41, 5.74) is 3.19. The van der Waals surface area contributed by atoms with E-state index in [1.165, 1.54) is 10.5 Å². The highest BCUT2D eigenvalue weighted by atomic mass is 127. The third-order valence-corrected chi connectivity index (χ3v) is 7.62. The topological polar surface area (TPSA) is 46.6 Å². The molecule has 0 atom stereocenters. The van der Waals surface area contributed by atoms with Gasteiger partial charge in [-0.25, -0.2) is 0 Å². The summed E-state index contributed by atoms with van der Waals surface area (Å²) in [6.07, 6.45) is 3.38. The van der Waals surface area contributed by atoms with Crippen molar-refractivity contribution in [2.24, 2.45) is 0 Å². The van der Waals surface area contributed by atoms with Crippen LogP contribution in [-0.2, 0) is 17.8 Å². The van der Waals surface area contributed by atoms with Crippen molar-refractivity contribution >= 4 is 74.2 Å². The molecular formula is C26H21I2NO3S. The van der Waals surface area contributed by atoms with Crippen LogP contribution in [0.1, 0.15) is 23.1 Å². The SMILES string of the molecule is O=C1S/C(=C/c2cc(I)c(OCc3ccccc3)c(I)c2)C(=O)N1CCCc1ccccc1. The number of nitrogens with zero attached hydrogens (tertiary/aromatic N) is 1. The van der Waals surface area contributed by atoms with Crippen LogP contribution in [0.4, 0.5) is 4.79 Å². The molecule has 0 aromatic heterocycles. The lowest BCUT2D eigenvalue weighted by Crippen LogP contribution is -2.29. The van der Waals surface area contributed by atoms with Gasteiger partial charge >= 0.3 is 0 Å². The van der Waals surface area contributed by atoms with E-state index in [-0.39, 0.29) is 11.1 Å². The molecule has 3 aromatic carbocycles. The maximum atomic E-state index is 12.8. The average Bonchev–Trinajstić information content (AvgIpc) is 3.07. The monoisotopic (exact) mass is 681 g/mol. The van der Waals surface area contributed by atoms with Crippen LogP contribution < -0.4 is 4.74 Å². The Bertz CT molecular complexity index is 1160. The van der Waals surface area contributed by atoms with E-state index in [2.05, 4.69) is 57.3 Å². The summed E-state index contributed by atoms with van der Waals surface area (Å²) >= 11 is 5.51. The van der Waals surface area contributed by atoms with Crippen LogP contribution in [-0.4, -0.2) is 22.6 Å². The molecule has 1 aliphatic heterocycles. The number of imide groups is 1. The molecule has 1 heterocycles. The van der Waals surface area contributed by atoms with E-state index >= 15 is 0 Å². The number of rotatable bonds is 8. The molecule has 4 rings (SSSR count). The normalized spacial score (nSPS) is 14.8. The predicted octanol–water partition coefficient (Wildman–Crippen LogP) is 7.14. The van der Waals surface area contributed by atoms with Crippen LogP contribution in [0.3, 0.4) is 0 Å². The predicted molar refractivity (Wildman–Crippen MR) is 150 cm³/mol. The van der Waals surface area contributed by atoms with Gasteiger partial charge in [0.1, 0.15) is 12.4 Å². The summed E-state index contributed by atoms with van der Waals surface area (Å²) < 4.78 is 7.97. The number of aryl methyl sites for hydroxylation is 1. The van der Waals surface area contributed by atoms with Crippen molar-refractivity contribution in [3.8, 4) is 5.75 Å². The molecule has 0 radical (unpaired) electrons. The van der Waals surface area contributed by atoms with Crippen LogP contribution in [0.25, 0.3) is 6.08 Å². The van der Waals surface area contributed by atoms with Crippen molar-refractivity contribution in [2.45, 2.75) is 19.4 Å². The molecule has 1 aliphatic rings. The number of ether oxygens (including phenoxy) is 1. The Hall–Kier alpha value is -1.85. The Morgan fingerprint density at radius 1 is 0.879 bits per heavy atom. The second-order valence-corrected chi connectivity index (χ2v) is 10.8. The van der Waals surface area contributed by atoms with Crippen molar-refractivity contribution in [2.75, 3.05) is 6.54 Å². The van der Waals surface area contributed by atoms with Crippen LogP contribution >= 0.6 is 56.9 Å². The first-order chi connectivity index (χ1) is 16.0. The summed E-state index contributed by atoms with van der Waals surface area (Å²) in [5, 5.41) is -0.202. The van der Waals surface area contributed by atoms with Gasteiger partial charge in [0.25, 0.3) is 11.1 Å². The Morgan fingerprint density at radius 3 is 2.12 bits per heavy atom. The largest absolute Gasteiger partial charge is 0.487 e. The maximum absolute atomic E-state index is 12.8. The molecule has 0 aliphatic carbocycles. The van der Waals surface area contributed by atoms with Gasteiger partial charge in [-0.2, -0.15) is 0 Å². The van der Waals surface area contributed by atoms with Gasteiger partial charge in [0, 0.05) is 6.54 Å². The van der Waals surface area contributed by atoms with Gasteiger partial charge < -0.3 is 4.74 Å². The standard InChI is InChI=1S/C26H21I2NO3S/c27-21-14-20(15-22(28)24(21)32-17-19-10-5-2-6-11-19)16-23-25(30)29(26(31)33-23)13-7-12-18-8-3-1-4-9-18/h1-6,8-11,14-16H,7,12-13,17H2/b23-16+. The van der Waals surface area contributed by atoms with Gasteiger partial charge in [-0.1, -0.05) is 60.7 Å². The third kappa shape index (κ3) is 6.39. The minimum atomic E-state index is -0.215. The molecule has 2 amide bonds. The number of halogens is 2. The van der Waals surface area contributed by atoms with Crippen molar-refractivity contribution < 1.29 is 14.3 Å². The Kier molecular flexibility index (Phi) is 8.48. The average molecular weight is 681 g/mol. The number of thioether (sulfide) groups is 1. The third-order valence-electron chi connectivity index (χ3n) is 5.11. The van der Waals surface area contributed by atoms with E-state index in [0.29, 0.717) is 18.1 Å². The molecular weight excluding hydrogens is 660 g/mol. The maximum Gasteiger partial charge on any atom is 0.293 e. The highest BCUT2D eigenvalue weighted by Gasteiger charge is 2.34. The van der Waals surface area contributed by atoms with Crippen molar-refractivity contribution in [1.29, 1.82) is 0 Å². The molecule has 0 bridgehead atoms.